The summed E-state index contributed by atoms with van der Waals surface area (Å²) in [5.74, 6) is -0.0973. The van der Waals surface area contributed by atoms with Crippen LogP contribution in [0.1, 0.15) is 12.8 Å². The van der Waals surface area contributed by atoms with Gasteiger partial charge in [0.2, 0.25) is 0 Å². The van der Waals surface area contributed by atoms with E-state index in [4.69, 9.17) is 10.5 Å². The summed E-state index contributed by atoms with van der Waals surface area (Å²) in [6.45, 7) is 0.466. The molecular weight excluding hydrogens is 306 g/mol. The van der Waals surface area contributed by atoms with Crippen LogP contribution in [0.4, 0.5) is 5.69 Å². The van der Waals surface area contributed by atoms with Gasteiger partial charge in [0.1, 0.15) is 6.10 Å². The Kier molecular flexibility index (Phi) is 4.44. The fourth-order valence-corrected chi connectivity index (χ4v) is 3.89. The van der Waals surface area contributed by atoms with Crippen molar-refractivity contribution in [3.63, 3.8) is 0 Å². The highest BCUT2D eigenvalue weighted by Gasteiger charge is 2.29. The lowest BCUT2D eigenvalue weighted by Crippen LogP contribution is -2.29. The summed E-state index contributed by atoms with van der Waals surface area (Å²) in [7, 11) is 0. The van der Waals surface area contributed by atoms with E-state index in [1.54, 1.807) is 23.1 Å². The second-order valence-electron chi connectivity index (χ2n) is 4.92. The van der Waals surface area contributed by atoms with E-state index in [1.807, 2.05) is 24.5 Å². The van der Waals surface area contributed by atoms with Crippen molar-refractivity contribution >= 4 is 44.9 Å². The van der Waals surface area contributed by atoms with Gasteiger partial charge < -0.3 is 15.8 Å². The van der Waals surface area contributed by atoms with Crippen molar-refractivity contribution < 1.29 is 9.53 Å². The van der Waals surface area contributed by atoms with Crippen LogP contribution < -0.4 is 11.1 Å². The van der Waals surface area contributed by atoms with Gasteiger partial charge in [-0.3, -0.25) is 4.79 Å². The van der Waals surface area contributed by atoms with Crippen molar-refractivity contribution in [2.45, 2.75) is 29.4 Å². The van der Waals surface area contributed by atoms with Gasteiger partial charge in [-0.1, -0.05) is 11.8 Å². The van der Waals surface area contributed by atoms with Crippen molar-refractivity contribution in [3.8, 4) is 0 Å². The van der Waals surface area contributed by atoms with Crippen molar-refractivity contribution in [3.05, 3.63) is 18.2 Å². The highest BCUT2D eigenvalue weighted by atomic mass is 32.2. The molecule has 2 unspecified atom stereocenters. The van der Waals surface area contributed by atoms with Crippen LogP contribution in [0.25, 0.3) is 10.2 Å². The number of carbonyl (C=O) groups excluding carboxylic acids is 1. The van der Waals surface area contributed by atoms with Gasteiger partial charge in [0, 0.05) is 12.2 Å². The third-order valence-electron chi connectivity index (χ3n) is 3.47. The standard InChI is InChI=1S/C14H17N3O2S2/c1-20-14-17-10-4-2-8(6-12(10)21-14)16-13(18)11-5-3-9(7-15)19-11/h2,4,6,9,11H,3,5,7,15H2,1H3,(H,16,18). The molecule has 1 aliphatic heterocycles. The zero-order chi connectivity index (χ0) is 14.8. The molecular formula is C14H17N3O2S2. The highest BCUT2D eigenvalue weighted by Crippen LogP contribution is 2.30. The number of amides is 1. The van der Waals surface area contributed by atoms with Gasteiger partial charge in [0.05, 0.1) is 16.3 Å². The van der Waals surface area contributed by atoms with Gasteiger partial charge in [-0.25, -0.2) is 4.98 Å². The number of benzene rings is 1. The predicted molar refractivity (Wildman–Crippen MR) is 87.0 cm³/mol. The Balaban J connectivity index is 1.71. The molecule has 21 heavy (non-hydrogen) atoms. The molecule has 3 N–H and O–H groups in total. The summed E-state index contributed by atoms with van der Waals surface area (Å²) in [6.07, 6.45) is 3.20. The Hall–Kier alpha value is -1.15. The third-order valence-corrected chi connectivity index (χ3v) is 5.48. The molecule has 0 saturated carbocycles. The molecule has 1 fully saturated rings. The number of nitrogens with zero attached hydrogens (tertiary/aromatic N) is 1. The zero-order valence-corrected chi connectivity index (χ0v) is 13.3. The number of ether oxygens (including phenoxy) is 1. The summed E-state index contributed by atoms with van der Waals surface area (Å²) in [6, 6.07) is 5.76. The van der Waals surface area contributed by atoms with Crippen LogP contribution in [0.15, 0.2) is 22.5 Å². The molecule has 1 aromatic heterocycles. The van der Waals surface area contributed by atoms with Crippen molar-refractivity contribution in [1.29, 1.82) is 0 Å². The van der Waals surface area contributed by atoms with Crippen molar-refractivity contribution in [2.75, 3.05) is 18.1 Å². The molecule has 1 amide bonds. The second-order valence-corrected chi connectivity index (χ2v) is 7.00. The SMILES string of the molecule is CSc1nc2ccc(NC(=O)C3CCC(CN)O3)cc2s1. The van der Waals surface area contributed by atoms with E-state index >= 15 is 0 Å². The van der Waals surface area contributed by atoms with Crippen LogP contribution in [0, 0.1) is 0 Å². The minimum atomic E-state index is -0.391. The summed E-state index contributed by atoms with van der Waals surface area (Å²) in [5, 5.41) is 2.92. The molecule has 7 heteroatoms. The molecule has 0 radical (unpaired) electrons. The predicted octanol–water partition coefficient (Wildman–Crippen LogP) is 2.46. The van der Waals surface area contributed by atoms with Crippen LogP contribution in [-0.2, 0) is 9.53 Å². The number of nitrogens with two attached hydrogens (primary N) is 1. The minimum Gasteiger partial charge on any atom is -0.364 e. The molecule has 0 spiro atoms. The Morgan fingerprint density at radius 2 is 2.43 bits per heavy atom. The largest absolute Gasteiger partial charge is 0.364 e. The highest BCUT2D eigenvalue weighted by molar-refractivity contribution is 8.00. The summed E-state index contributed by atoms with van der Waals surface area (Å²) in [4.78, 5) is 16.7. The quantitative estimate of drug-likeness (QED) is 0.845. The van der Waals surface area contributed by atoms with Gasteiger partial charge in [-0.15, -0.1) is 11.3 Å². The number of nitrogens with one attached hydrogen (secondary N) is 1. The molecule has 1 aliphatic rings. The molecule has 1 aromatic carbocycles. The maximum atomic E-state index is 12.2. The first-order valence-corrected chi connectivity index (χ1v) is 8.84. The number of hydrogen-bond donors (Lipinski definition) is 2. The zero-order valence-electron chi connectivity index (χ0n) is 11.7. The first-order valence-electron chi connectivity index (χ1n) is 6.80. The van der Waals surface area contributed by atoms with Gasteiger partial charge in [0.25, 0.3) is 5.91 Å². The van der Waals surface area contributed by atoms with E-state index < -0.39 is 6.10 Å². The number of anilines is 1. The topological polar surface area (TPSA) is 77.2 Å². The lowest BCUT2D eigenvalue weighted by Gasteiger charge is -2.12. The number of thioether (sulfide) groups is 1. The van der Waals surface area contributed by atoms with Crippen LogP contribution in [0.2, 0.25) is 0 Å². The summed E-state index contributed by atoms with van der Waals surface area (Å²) in [5.41, 5.74) is 7.30. The molecule has 1 saturated heterocycles. The molecule has 3 rings (SSSR count). The first-order chi connectivity index (χ1) is 10.2. The number of aromatic nitrogens is 1. The molecule has 5 nitrogen and oxygen atoms in total. The van der Waals surface area contributed by atoms with Gasteiger partial charge in [-0.05, 0) is 37.3 Å². The van der Waals surface area contributed by atoms with Crippen LogP contribution in [0.5, 0.6) is 0 Å². The third kappa shape index (κ3) is 3.21. The van der Waals surface area contributed by atoms with E-state index in [1.165, 1.54) is 0 Å². The van der Waals surface area contributed by atoms with Gasteiger partial charge >= 0.3 is 0 Å². The molecule has 2 heterocycles. The smallest absolute Gasteiger partial charge is 0.253 e. The maximum absolute atomic E-state index is 12.2. The first kappa shape index (κ1) is 14.8. The van der Waals surface area contributed by atoms with Crippen LogP contribution in [0.3, 0.4) is 0 Å². The maximum Gasteiger partial charge on any atom is 0.253 e. The molecule has 0 bridgehead atoms. The van der Waals surface area contributed by atoms with Crippen molar-refractivity contribution in [2.24, 2.45) is 5.73 Å². The molecule has 2 aromatic rings. The summed E-state index contributed by atoms with van der Waals surface area (Å²) >= 11 is 3.25. The number of rotatable bonds is 4. The number of carbonyl (C=O) groups is 1. The van der Waals surface area contributed by atoms with Gasteiger partial charge in [-0.2, -0.15) is 0 Å². The van der Waals surface area contributed by atoms with Crippen molar-refractivity contribution in [1.82, 2.24) is 4.98 Å². The second kappa shape index (κ2) is 6.31. The lowest BCUT2D eigenvalue weighted by molar-refractivity contribution is -0.126. The fraction of sp³-hybridized carbons (Fsp3) is 0.429. The van der Waals surface area contributed by atoms with Crippen LogP contribution >= 0.6 is 23.1 Å². The fourth-order valence-electron chi connectivity index (χ4n) is 2.36. The Morgan fingerprint density at radius 1 is 1.57 bits per heavy atom. The monoisotopic (exact) mass is 323 g/mol. The Labute approximate surface area is 131 Å². The van der Waals surface area contributed by atoms with Crippen LogP contribution in [-0.4, -0.2) is 35.9 Å². The number of fused-ring (bicyclic) bond motifs is 1. The Morgan fingerprint density at radius 3 is 3.14 bits per heavy atom. The molecule has 0 aliphatic carbocycles. The molecule has 112 valence electrons. The lowest BCUT2D eigenvalue weighted by atomic mass is 10.2. The van der Waals surface area contributed by atoms with E-state index in [-0.39, 0.29) is 12.0 Å². The molecule has 2 atom stereocenters. The van der Waals surface area contributed by atoms with Gasteiger partial charge in [0.15, 0.2) is 4.34 Å². The number of thiazole rings is 1. The average Bonchev–Trinajstić information content (AvgIpc) is 3.12. The number of hydrogen-bond acceptors (Lipinski definition) is 6. The summed E-state index contributed by atoms with van der Waals surface area (Å²) < 4.78 is 7.70. The van der Waals surface area contributed by atoms with E-state index in [2.05, 4.69) is 10.3 Å². The normalized spacial score (nSPS) is 21.8. The average molecular weight is 323 g/mol. The van der Waals surface area contributed by atoms with E-state index in [0.29, 0.717) is 6.54 Å². The Bertz CT molecular complexity index is 659. The van der Waals surface area contributed by atoms with E-state index in [9.17, 15) is 4.79 Å². The minimum absolute atomic E-state index is 0.00821. The van der Waals surface area contributed by atoms with E-state index in [0.717, 1.165) is 33.1 Å².